The molecule has 0 spiro atoms. The number of amides is 1. The maximum atomic E-state index is 11.8. The van der Waals surface area contributed by atoms with Crippen LogP contribution in [0.15, 0.2) is 18.2 Å². The highest BCUT2D eigenvalue weighted by Gasteiger charge is 2.13. The number of aromatic nitrogens is 1. The minimum absolute atomic E-state index is 0.0483. The standard InChI is InChI=1S/C12H16N2O5/c1-18-7-8(19-2)6-13-11(15)9-4-3-5-10(14-9)12(16)17/h3-5,8H,6-7H2,1-2H3,(H,13,15)(H,16,17). The molecule has 0 radical (unpaired) electrons. The first kappa shape index (κ1) is 15.1. The van der Waals surface area contributed by atoms with Crippen LogP contribution >= 0.6 is 0 Å². The number of aromatic carboxylic acids is 1. The first-order chi connectivity index (χ1) is 9.08. The summed E-state index contributed by atoms with van der Waals surface area (Å²) in [6.07, 6.45) is -0.267. The van der Waals surface area contributed by atoms with Gasteiger partial charge in [0.1, 0.15) is 11.4 Å². The molecule has 0 saturated heterocycles. The Morgan fingerprint density at radius 2 is 2.05 bits per heavy atom. The second kappa shape index (κ2) is 7.45. The molecule has 0 aliphatic heterocycles. The lowest BCUT2D eigenvalue weighted by Crippen LogP contribution is -2.36. The Labute approximate surface area is 110 Å². The molecule has 0 fully saturated rings. The second-order valence-corrected chi connectivity index (χ2v) is 3.74. The third-order valence-corrected chi connectivity index (χ3v) is 2.38. The van der Waals surface area contributed by atoms with Crippen LogP contribution < -0.4 is 5.32 Å². The molecule has 0 aliphatic rings. The van der Waals surface area contributed by atoms with Crippen molar-refractivity contribution in [2.75, 3.05) is 27.4 Å². The van der Waals surface area contributed by atoms with Gasteiger partial charge in [0, 0.05) is 20.8 Å². The quantitative estimate of drug-likeness (QED) is 0.731. The molecule has 1 amide bonds. The Morgan fingerprint density at radius 1 is 1.37 bits per heavy atom. The van der Waals surface area contributed by atoms with E-state index in [2.05, 4.69) is 10.3 Å². The number of carbonyl (C=O) groups is 2. The monoisotopic (exact) mass is 268 g/mol. The normalized spacial score (nSPS) is 11.9. The van der Waals surface area contributed by atoms with Gasteiger partial charge in [-0.25, -0.2) is 9.78 Å². The van der Waals surface area contributed by atoms with E-state index in [9.17, 15) is 9.59 Å². The molecular weight excluding hydrogens is 252 g/mol. The molecule has 1 heterocycles. The van der Waals surface area contributed by atoms with Crippen molar-refractivity contribution in [3.05, 3.63) is 29.6 Å². The van der Waals surface area contributed by atoms with Gasteiger partial charge < -0.3 is 19.9 Å². The Bertz CT molecular complexity index is 450. The molecule has 0 aromatic carbocycles. The summed E-state index contributed by atoms with van der Waals surface area (Å²) in [4.78, 5) is 26.3. The fraction of sp³-hybridized carbons (Fsp3) is 0.417. The Balaban J connectivity index is 2.62. The smallest absolute Gasteiger partial charge is 0.354 e. The number of carboxylic acid groups (broad SMARTS) is 1. The van der Waals surface area contributed by atoms with Gasteiger partial charge in [-0.15, -0.1) is 0 Å². The Morgan fingerprint density at radius 3 is 2.63 bits per heavy atom. The third-order valence-electron chi connectivity index (χ3n) is 2.38. The largest absolute Gasteiger partial charge is 0.477 e. The maximum absolute atomic E-state index is 11.8. The molecule has 0 saturated carbocycles. The first-order valence-electron chi connectivity index (χ1n) is 5.58. The van der Waals surface area contributed by atoms with E-state index in [1.807, 2.05) is 0 Å². The molecule has 1 unspecified atom stereocenters. The predicted octanol–water partition coefficient (Wildman–Crippen LogP) is 0.171. The first-order valence-corrected chi connectivity index (χ1v) is 5.58. The lowest BCUT2D eigenvalue weighted by Gasteiger charge is -2.14. The summed E-state index contributed by atoms with van der Waals surface area (Å²) in [5.41, 5.74) is -0.125. The van der Waals surface area contributed by atoms with Crippen LogP contribution in [0.1, 0.15) is 21.0 Å². The van der Waals surface area contributed by atoms with Gasteiger partial charge in [-0.3, -0.25) is 4.79 Å². The zero-order valence-electron chi connectivity index (χ0n) is 10.8. The summed E-state index contributed by atoms with van der Waals surface area (Å²) in [5, 5.41) is 11.4. The molecule has 0 aliphatic carbocycles. The van der Waals surface area contributed by atoms with E-state index in [0.717, 1.165) is 0 Å². The van der Waals surface area contributed by atoms with E-state index < -0.39 is 11.9 Å². The van der Waals surface area contributed by atoms with Crippen LogP contribution in [-0.4, -0.2) is 55.4 Å². The van der Waals surface area contributed by atoms with Crippen molar-refractivity contribution in [2.24, 2.45) is 0 Å². The van der Waals surface area contributed by atoms with Crippen LogP contribution in [0.25, 0.3) is 0 Å². The van der Waals surface area contributed by atoms with Gasteiger partial charge in [0.05, 0.1) is 12.7 Å². The van der Waals surface area contributed by atoms with E-state index in [-0.39, 0.29) is 24.0 Å². The number of ether oxygens (including phenoxy) is 2. The van der Waals surface area contributed by atoms with Crippen LogP contribution in [0.2, 0.25) is 0 Å². The molecule has 7 nitrogen and oxygen atoms in total. The van der Waals surface area contributed by atoms with Gasteiger partial charge in [-0.2, -0.15) is 0 Å². The highest BCUT2D eigenvalue weighted by atomic mass is 16.5. The highest BCUT2D eigenvalue weighted by Crippen LogP contribution is 2.00. The average Bonchev–Trinajstić information content (AvgIpc) is 2.43. The van der Waals surface area contributed by atoms with E-state index in [1.54, 1.807) is 0 Å². The summed E-state index contributed by atoms with van der Waals surface area (Å²) >= 11 is 0. The SMILES string of the molecule is COCC(CNC(=O)c1cccc(C(=O)O)n1)OC. The van der Waals surface area contributed by atoms with Crippen LogP contribution in [0, 0.1) is 0 Å². The lowest BCUT2D eigenvalue weighted by molar-refractivity contribution is 0.0285. The van der Waals surface area contributed by atoms with Gasteiger partial charge in [0.15, 0.2) is 0 Å². The highest BCUT2D eigenvalue weighted by molar-refractivity contribution is 5.94. The van der Waals surface area contributed by atoms with Gasteiger partial charge in [-0.1, -0.05) is 6.07 Å². The van der Waals surface area contributed by atoms with Gasteiger partial charge in [0.25, 0.3) is 5.91 Å². The average molecular weight is 268 g/mol. The number of carboxylic acids is 1. The molecule has 7 heteroatoms. The molecule has 2 N–H and O–H groups in total. The minimum atomic E-state index is -1.18. The number of nitrogens with zero attached hydrogens (tertiary/aromatic N) is 1. The zero-order chi connectivity index (χ0) is 14.3. The number of hydrogen-bond donors (Lipinski definition) is 2. The minimum Gasteiger partial charge on any atom is -0.477 e. The number of pyridine rings is 1. The summed E-state index contributed by atoms with van der Waals surface area (Å²) in [6.45, 7) is 0.599. The summed E-state index contributed by atoms with van der Waals surface area (Å²) in [7, 11) is 3.05. The van der Waals surface area contributed by atoms with Crippen molar-refractivity contribution >= 4 is 11.9 Å². The van der Waals surface area contributed by atoms with Gasteiger partial charge >= 0.3 is 5.97 Å². The molecule has 1 atom stereocenters. The van der Waals surface area contributed by atoms with Crippen molar-refractivity contribution in [1.82, 2.24) is 10.3 Å². The topological polar surface area (TPSA) is 97.8 Å². The van der Waals surface area contributed by atoms with E-state index >= 15 is 0 Å². The van der Waals surface area contributed by atoms with Crippen LogP contribution in [-0.2, 0) is 9.47 Å². The van der Waals surface area contributed by atoms with E-state index in [0.29, 0.717) is 6.61 Å². The lowest BCUT2D eigenvalue weighted by atomic mass is 10.3. The molecule has 1 rings (SSSR count). The number of nitrogens with one attached hydrogen (secondary N) is 1. The van der Waals surface area contributed by atoms with Gasteiger partial charge in [0.2, 0.25) is 0 Å². The molecule has 1 aromatic heterocycles. The molecule has 1 aromatic rings. The maximum Gasteiger partial charge on any atom is 0.354 e. The summed E-state index contributed by atoms with van der Waals surface area (Å²) in [6, 6.07) is 4.23. The van der Waals surface area contributed by atoms with Crippen molar-refractivity contribution in [3.63, 3.8) is 0 Å². The van der Waals surface area contributed by atoms with Crippen molar-refractivity contribution < 1.29 is 24.2 Å². The van der Waals surface area contributed by atoms with Crippen molar-refractivity contribution in [3.8, 4) is 0 Å². The van der Waals surface area contributed by atoms with Crippen LogP contribution in [0.4, 0.5) is 0 Å². The van der Waals surface area contributed by atoms with E-state index in [4.69, 9.17) is 14.6 Å². The summed E-state index contributed by atoms with van der Waals surface area (Å²) < 4.78 is 10.00. The fourth-order valence-corrected chi connectivity index (χ4v) is 1.37. The van der Waals surface area contributed by atoms with E-state index in [1.165, 1.54) is 32.4 Å². The predicted molar refractivity (Wildman–Crippen MR) is 66.2 cm³/mol. The second-order valence-electron chi connectivity index (χ2n) is 3.74. The molecule has 0 bridgehead atoms. The molecule has 104 valence electrons. The van der Waals surface area contributed by atoms with Gasteiger partial charge in [-0.05, 0) is 12.1 Å². The number of carbonyl (C=O) groups excluding carboxylic acids is 1. The van der Waals surface area contributed by atoms with Crippen molar-refractivity contribution in [2.45, 2.75) is 6.10 Å². The molecular formula is C12H16N2O5. The zero-order valence-corrected chi connectivity index (χ0v) is 10.8. The van der Waals surface area contributed by atoms with Crippen LogP contribution in [0.5, 0.6) is 0 Å². The number of hydrogen-bond acceptors (Lipinski definition) is 5. The van der Waals surface area contributed by atoms with Crippen molar-refractivity contribution in [1.29, 1.82) is 0 Å². The fourth-order valence-electron chi connectivity index (χ4n) is 1.37. The number of methoxy groups -OCH3 is 2. The summed E-state index contributed by atoms with van der Waals surface area (Å²) in [5.74, 6) is -1.63. The third kappa shape index (κ3) is 4.65. The molecule has 19 heavy (non-hydrogen) atoms. The Hall–Kier alpha value is -1.99. The number of rotatable bonds is 7. The Kier molecular flexibility index (Phi) is 5.91. The van der Waals surface area contributed by atoms with Crippen LogP contribution in [0.3, 0.4) is 0 Å².